The van der Waals surface area contributed by atoms with Gasteiger partial charge in [-0.2, -0.15) is 0 Å². The highest BCUT2D eigenvalue weighted by Gasteiger charge is 2.04. The number of benzene rings is 1. The van der Waals surface area contributed by atoms with Gasteiger partial charge in [0.2, 0.25) is 0 Å². The van der Waals surface area contributed by atoms with Gasteiger partial charge in [0, 0.05) is 18.5 Å². The second kappa shape index (κ2) is 10.3. The zero-order valence-corrected chi connectivity index (χ0v) is 16.0. The fraction of sp³-hybridized carbons (Fsp3) is 0.429. The molecule has 0 aliphatic heterocycles. The lowest BCUT2D eigenvalue weighted by Gasteiger charge is -2.18. The Kier molecular flexibility index (Phi) is 9.65. The van der Waals surface area contributed by atoms with E-state index in [1.54, 1.807) is 0 Å². The molecule has 1 aromatic carbocycles. The number of hydrogen-bond acceptors (Lipinski definition) is 1. The van der Waals surface area contributed by atoms with Gasteiger partial charge in [-0.15, -0.1) is 12.4 Å². The normalized spacial score (nSPS) is 11.0. The van der Waals surface area contributed by atoms with E-state index in [9.17, 15) is 0 Å². The third-order valence-electron chi connectivity index (χ3n) is 3.29. The summed E-state index contributed by atoms with van der Waals surface area (Å²) in [5.74, 6) is 6.34. The summed E-state index contributed by atoms with van der Waals surface area (Å²) >= 11 is 0. The highest BCUT2D eigenvalue weighted by atomic mass is 35.5. The molecule has 0 radical (unpaired) electrons. The molecule has 0 N–H and O–H groups in total. The maximum absolute atomic E-state index is 4.02. The number of allylic oxidation sites excluding steroid dienone is 2. The minimum atomic E-state index is 0. The van der Waals surface area contributed by atoms with Gasteiger partial charge in [0.1, 0.15) is 0 Å². The van der Waals surface area contributed by atoms with E-state index in [1.165, 1.54) is 11.1 Å². The molecular weight excluding hydrogens is 302 g/mol. The summed E-state index contributed by atoms with van der Waals surface area (Å²) in [4.78, 5) is 2.40. The van der Waals surface area contributed by atoms with Gasteiger partial charge < -0.3 is 0 Å². The molecule has 23 heavy (non-hydrogen) atoms. The Labute approximate surface area is 148 Å². The molecule has 1 aromatic rings. The third kappa shape index (κ3) is 9.29. The molecule has 0 saturated heterocycles. The van der Waals surface area contributed by atoms with Gasteiger partial charge in [-0.3, -0.25) is 4.90 Å². The van der Waals surface area contributed by atoms with Crippen molar-refractivity contribution in [1.82, 2.24) is 4.90 Å². The molecule has 0 heterocycles. The lowest BCUT2D eigenvalue weighted by Crippen LogP contribution is -2.22. The molecule has 0 aromatic heterocycles. The molecule has 126 valence electrons. The van der Waals surface area contributed by atoms with E-state index in [0.717, 1.165) is 25.2 Å². The van der Waals surface area contributed by atoms with Crippen molar-refractivity contribution >= 4 is 18.0 Å². The molecule has 0 bridgehead atoms. The van der Waals surface area contributed by atoms with Crippen molar-refractivity contribution in [3.63, 3.8) is 0 Å². The smallest absolute Gasteiger partial charge is 0.0237 e. The Morgan fingerprint density at radius 2 is 2.00 bits per heavy atom. The summed E-state index contributed by atoms with van der Waals surface area (Å²) < 4.78 is 0. The summed E-state index contributed by atoms with van der Waals surface area (Å²) in [6.45, 7) is 17.5. The highest BCUT2D eigenvalue weighted by molar-refractivity contribution is 5.85. The summed E-state index contributed by atoms with van der Waals surface area (Å²) in [6, 6.07) is 8.63. The zero-order valence-electron chi connectivity index (χ0n) is 15.1. The van der Waals surface area contributed by atoms with Crippen LogP contribution in [-0.4, -0.2) is 18.0 Å². The second-order valence-electron chi connectivity index (χ2n) is 6.73. The maximum atomic E-state index is 4.02. The van der Waals surface area contributed by atoms with Crippen LogP contribution < -0.4 is 0 Å². The minimum absolute atomic E-state index is 0. The Hall–Kier alpha value is -1.49. The number of halogens is 1. The monoisotopic (exact) mass is 331 g/mol. The SMILES string of the molecule is C=C(C)c1cccc(CN(CC)CC=CC#CC(C)(C)C)c1.Cl. The molecule has 0 unspecified atom stereocenters. The Bertz CT molecular complexity index is 582. The van der Waals surface area contributed by atoms with Crippen molar-refractivity contribution in [2.45, 2.75) is 41.2 Å². The van der Waals surface area contributed by atoms with Gasteiger partial charge in [0.15, 0.2) is 0 Å². The lowest BCUT2D eigenvalue weighted by atomic mass is 9.98. The summed E-state index contributed by atoms with van der Waals surface area (Å²) in [5.41, 5.74) is 3.73. The molecule has 0 aliphatic rings. The average Bonchev–Trinajstić information content (AvgIpc) is 2.44. The maximum Gasteiger partial charge on any atom is 0.0237 e. The predicted molar refractivity (Wildman–Crippen MR) is 106 cm³/mol. The van der Waals surface area contributed by atoms with E-state index in [1.807, 2.05) is 13.0 Å². The summed E-state index contributed by atoms with van der Waals surface area (Å²) in [6.07, 6.45) is 4.11. The summed E-state index contributed by atoms with van der Waals surface area (Å²) in [7, 11) is 0. The van der Waals surface area contributed by atoms with Gasteiger partial charge >= 0.3 is 0 Å². The first-order chi connectivity index (χ1) is 10.3. The number of rotatable bonds is 6. The summed E-state index contributed by atoms with van der Waals surface area (Å²) in [5, 5.41) is 0. The molecule has 0 atom stereocenters. The largest absolute Gasteiger partial charge is 0.296 e. The fourth-order valence-electron chi connectivity index (χ4n) is 2.02. The molecule has 0 saturated carbocycles. The van der Waals surface area contributed by atoms with Gasteiger partial charge in [0.25, 0.3) is 0 Å². The van der Waals surface area contributed by atoms with Crippen LogP contribution in [0.5, 0.6) is 0 Å². The van der Waals surface area contributed by atoms with Gasteiger partial charge in [0.05, 0.1) is 0 Å². The first-order valence-electron chi connectivity index (χ1n) is 7.96. The minimum Gasteiger partial charge on any atom is -0.296 e. The van der Waals surface area contributed by atoms with Gasteiger partial charge in [-0.1, -0.05) is 61.3 Å². The van der Waals surface area contributed by atoms with Crippen LogP contribution in [0.25, 0.3) is 5.57 Å². The van der Waals surface area contributed by atoms with Crippen LogP contribution in [0.15, 0.2) is 43.0 Å². The van der Waals surface area contributed by atoms with Crippen LogP contribution in [-0.2, 0) is 6.54 Å². The Morgan fingerprint density at radius 1 is 1.30 bits per heavy atom. The molecule has 2 heteroatoms. The average molecular weight is 332 g/mol. The lowest BCUT2D eigenvalue weighted by molar-refractivity contribution is 0.311. The molecule has 0 aliphatic carbocycles. The van der Waals surface area contributed by atoms with Crippen LogP contribution in [0, 0.1) is 17.3 Å². The zero-order chi connectivity index (χ0) is 16.6. The van der Waals surface area contributed by atoms with Crippen LogP contribution in [0.2, 0.25) is 0 Å². The van der Waals surface area contributed by atoms with Crippen molar-refractivity contribution in [1.29, 1.82) is 0 Å². The van der Waals surface area contributed by atoms with Crippen LogP contribution in [0.3, 0.4) is 0 Å². The van der Waals surface area contributed by atoms with Crippen molar-refractivity contribution in [2.24, 2.45) is 5.41 Å². The molecule has 0 fully saturated rings. The number of likely N-dealkylation sites (N-methyl/N-ethyl adjacent to an activating group) is 1. The fourth-order valence-corrected chi connectivity index (χ4v) is 2.02. The highest BCUT2D eigenvalue weighted by Crippen LogP contribution is 2.14. The first kappa shape index (κ1) is 21.5. The van der Waals surface area contributed by atoms with Crippen molar-refractivity contribution in [2.75, 3.05) is 13.1 Å². The van der Waals surface area contributed by atoms with Crippen LogP contribution in [0.1, 0.15) is 45.7 Å². The van der Waals surface area contributed by atoms with Crippen molar-refractivity contribution < 1.29 is 0 Å². The molecule has 0 amide bonds. The van der Waals surface area contributed by atoms with Crippen LogP contribution >= 0.6 is 12.4 Å². The Morgan fingerprint density at radius 3 is 2.57 bits per heavy atom. The van der Waals surface area contributed by atoms with Crippen molar-refractivity contribution in [3.8, 4) is 11.8 Å². The number of nitrogens with zero attached hydrogens (tertiary/aromatic N) is 1. The Balaban J connectivity index is 0.00000484. The second-order valence-corrected chi connectivity index (χ2v) is 6.73. The van der Waals surface area contributed by atoms with Crippen LogP contribution in [0.4, 0.5) is 0 Å². The molecular formula is C21H30ClN. The predicted octanol–water partition coefficient (Wildman–Crippen LogP) is 5.57. The standard InChI is InChI=1S/C21H29N.ClH/c1-7-22(15-10-8-9-14-21(4,5)6)17-19-12-11-13-20(16-19)18(2)3;/h8,10-13,16H,2,7,15,17H2,1,3-6H3;1H. The van der Waals surface area contributed by atoms with Gasteiger partial charge in [-0.25, -0.2) is 0 Å². The van der Waals surface area contributed by atoms with E-state index < -0.39 is 0 Å². The van der Waals surface area contributed by atoms with E-state index in [4.69, 9.17) is 0 Å². The first-order valence-corrected chi connectivity index (χ1v) is 7.96. The quantitative estimate of drug-likeness (QED) is 0.616. The third-order valence-corrected chi connectivity index (χ3v) is 3.29. The van der Waals surface area contributed by atoms with E-state index in [-0.39, 0.29) is 17.8 Å². The number of hydrogen-bond donors (Lipinski definition) is 0. The van der Waals surface area contributed by atoms with Gasteiger partial charge in [-0.05, 0) is 51.4 Å². The molecule has 1 nitrogen and oxygen atoms in total. The van der Waals surface area contributed by atoms with E-state index in [2.05, 4.69) is 81.4 Å². The molecule has 0 spiro atoms. The topological polar surface area (TPSA) is 3.24 Å². The van der Waals surface area contributed by atoms with E-state index >= 15 is 0 Å². The molecule has 1 rings (SSSR count). The van der Waals surface area contributed by atoms with E-state index in [0.29, 0.717) is 0 Å². The van der Waals surface area contributed by atoms with Crippen molar-refractivity contribution in [3.05, 3.63) is 54.1 Å².